The van der Waals surface area contributed by atoms with Crippen molar-refractivity contribution in [2.75, 3.05) is 0 Å². The summed E-state index contributed by atoms with van der Waals surface area (Å²) < 4.78 is 1.83. The summed E-state index contributed by atoms with van der Waals surface area (Å²) in [5.74, 6) is 0.453. The van der Waals surface area contributed by atoms with Gasteiger partial charge in [-0.2, -0.15) is 5.26 Å². The lowest BCUT2D eigenvalue weighted by Gasteiger charge is -2.12. The molecule has 14 heavy (non-hydrogen) atoms. The van der Waals surface area contributed by atoms with E-state index in [1.54, 1.807) is 12.4 Å². The van der Waals surface area contributed by atoms with Crippen LogP contribution in [0, 0.1) is 16.7 Å². The topological polar surface area (TPSA) is 58.7 Å². The first-order valence-electron chi connectivity index (χ1n) is 4.63. The van der Waals surface area contributed by atoms with Crippen molar-refractivity contribution in [3.63, 3.8) is 0 Å². The predicted molar refractivity (Wildman–Crippen MR) is 49.5 cm³/mol. The molecule has 4 nitrogen and oxygen atoms in total. The Hall–Kier alpha value is -1.63. The van der Waals surface area contributed by atoms with Gasteiger partial charge in [0.25, 0.3) is 0 Å². The van der Waals surface area contributed by atoms with E-state index in [0.717, 1.165) is 25.7 Å². The molecule has 1 heterocycles. The highest BCUT2D eigenvalue weighted by atomic mass is 16.1. The average Bonchev–Trinajstić information content (AvgIpc) is 2.79. The normalized spacial score (nSPS) is 17.4. The van der Waals surface area contributed by atoms with E-state index in [1.807, 2.05) is 4.57 Å². The second-order valence-electron chi connectivity index (χ2n) is 3.87. The highest BCUT2D eigenvalue weighted by molar-refractivity contribution is 5.69. The van der Waals surface area contributed by atoms with Crippen molar-refractivity contribution < 1.29 is 4.79 Å². The highest BCUT2D eigenvalue weighted by Crippen LogP contribution is 2.49. The molecule has 1 aliphatic rings. The number of aromatic nitrogens is 2. The van der Waals surface area contributed by atoms with Crippen molar-refractivity contribution in [3.05, 3.63) is 18.2 Å². The Bertz CT molecular complexity index is 384. The minimum atomic E-state index is 0.118. The van der Waals surface area contributed by atoms with Crippen LogP contribution < -0.4 is 0 Å². The monoisotopic (exact) mass is 189 g/mol. The average molecular weight is 189 g/mol. The molecule has 1 fully saturated rings. The van der Waals surface area contributed by atoms with E-state index in [0.29, 0.717) is 12.2 Å². The molecule has 2 rings (SSSR count). The maximum atomic E-state index is 10.6. The summed E-state index contributed by atoms with van der Waals surface area (Å²) in [6.45, 7) is 0.745. The number of nitriles is 1. The quantitative estimate of drug-likeness (QED) is 0.672. The highest BCUT2D eigenvalue weighted by Gasteiger charge is 2.42. The van der Waals surface area contributed by atoms with Crippen LogP contribution >= 0.6 is 0 Å². The van der Waals surface area contributed by atoms with Gasteiger partial charge < -0.3 is 4.57 Å². The Labute approximate surface area is 82.2 Å². The van der Waals surface area contributed by atoms with Gasteiger partial charge in [-0.3, -0.25) is 4.79 Å². The van der Waals surface area contributed by atoms with Crippen molar-refractivity contribution in [1.82, 2.24) is 9.55 Å². The van der Waals surface area contributed by atoms with Crippen molar-refractivity contribution >= 4 is 6.29 Å². The van der Waals surface area contributed by atoms with Gasteiger partial charge in [0.15, 0.2) is 12.1 Å². The van der Waals surface area contributed by atoms with Gasteiger partial charge >= 0.3 is 0 Å². The zero-order chi connectivity index (χ0) is 10.0. The third-order valence-corrected chi connectivity index (χ3v) is 2.77. The molecule has 1 aliphatic carbocycles. The van der Waals surface area contributed by atoms with Crippen LogP contribution in [0.25, 0.3) is 0 Å². The Balaban J connectivity index is 2.11. The molecule has 0 N–H and O–H groups in total. The number of rotatable bonds is 4. The molecule has 0 radical (unpaired) electrons. The molecule has 0 saturated heterocycles. The Morgan fingerprint density at radius 2 is 2.50 bits per heavy atom. The van der Waals surface area contributed by atoms with Crippen molar-refractivity contribution in [2.24, 2.45) is 5.41 Å². The number of carbonyl (C=O) groups excluding carboxylic acids is 1. The van der Waals surface area contributed by atoms with Gasteiger partial charge in [-0.25, -0.2) is 4.98 Å². The van der Waals surface area contributed by atoms with Crippen LogP contribution in [0.2, 0.25) is 0 Å². The van der Waals surface area contributed by atoms with Gasteiger partial charge in [0.2, 0.25) is 0 Å². The summed E-state index contributed by atoms with van der Waals surface area (Å²) in [4.78, 5) is 14.5. The Kier molecular flexibility index (Phi) is 2.08. The fourth-order valence-electron chi connectivity index (χ4n) is 1.67. The maximum absolute atomic E-state index is 10.6. The van der Waals surface area contributed by atoms with Crippen molar-refractivity contribution in [1.29, 1.82) is 5.26 Å². The SMILES string of the molecule is N#CCC1(Cn2ccnc2C=O)CC1. The molecule has 1 saturated carbocycles. The van der Waals surface area contributed by atoms with Gasteiger partial charge in [-0.15, -0.1) is 0 Å². The van der Waals surface area contributed by atoms with Gasteiger partial charge in [-0.05, 0) is 12.8 Å². The van der Waals surface area contributed by atoms with Crippen LogP contribution in [0.15, 0.2) is 12.4 Å². The fraction of sp³-hybridized carbons (Fsp3) is 0.500. The van der Waals surface area contributed by atoms with Gasteiger partial charge in [0, 0.05) is 30.8 Å². The van der Waals surface area contributed by atoms with Crippen molar-refractivity contribution in [2.45, 2.75) is 25.8 Å². The molecule has 0 aromatic carbocycles. The van der Waals surface area contributed by atoms with E-state index in [1.165, 1.54) is 0 Å². The van der Waals surface area contributed by atoms with E-state index < -0.39 is 0 Å². The molecule has 0 atom stereocenters. The number of carbonyl (C=O) groups is 1. The smallest absolute Gasteiger partial charge is 0.185 e. The van der Waals surface area contributed by atoms with Crippen LogP contribution in [0.1, 0.15) is 29.9 Å². The van der Waals surface area contributed by atoms with Gasteiger partial charge in [-0.1, -0.05) is 0 Å². The molecule has 72 valence electrons. The number of hydrogen-bond acceptors (Lipinski definition) is 3. The zero-order valence-corrected chi connectivity index (χ0v) is 7.81. The lowest BCUT2D eigenvalue weighted by Crippen LogP contribution is -2.12. The van der Waals surface area contributed by atoms with E-state index in [-0.39, 0.29) is 5.41 Å². The lowest BCUT2D eigenvalue weighted by atomic mass is 10.0. The van der Waals surface area contributed by atoms with Crippen LogP contribution in [-0.2, 0) is 6.54 Å². The molecule has 0 spiro atoms. The second-order valence-corrected chi connectivity index (χ2v) is 3.87. The van der Waals surface area contributed by atoms with Crippen LogP contribution in [0.5, 0.6) is 0 Å². The lowest BCUT2D eigenvalue weighted by molar-refractivity contribution is 0.111. The fourth-order valence-corrected chi connectivity index (χ4v) is 1.67. The third-order valence-electron chi connectivity index (χ3n) is 2.77. The number of aldehydes is 1. The molecule has 0 amide bonds. The minimum Gasteiger partial charge on any atom is -0.328 e. The number of nitrogens with zero attached hydrogens (tertiary/aromatic N) is 3. The summed E-state index contributed by atoms with van der Waals surface area (Å²) >= 11 is 0. The molecular formula is C10H11N3O. The summed E-state index contributed by atoms with van der Waals surface area (Å²) in [6, 6.07) is 2.20. The molecule has 0 aliphatic heterocycles. The second kappa shape index (κ2) is 3.26. The number of hydrogen-bond donors (Lipinski definition) is 0. The van der Waals surface area contributed by atoms with Gasteiger partial charge in [0.05, 0.1) is 6.07 Å². The Morgan fingerprint density at radius 3 is 3.07 bits per heavy atom. The molecular weight excluding hydrogens is 178 g/mol. The zero-order valence-electron chi connectivity index (χ0n) is 7.81. The standard InChI is InChI=1S/C10H11N3O/c11-4-3-10(1-2-10)8-13-6-5-12-9(13)7-14/h5-7H,1-3,8H2. The first-order chi connectivity index (χ1) is 6.79. The molecule has 1 aromatic rings. The van der Waals surface area contributed by atoms with E-state index >= 15 is 0 Å². The first-order valence-corrected chi connectivity index (χ1v) is 4.63. The van der Waals surface area contributed by atoms with E-state index in [2.05, 4.69) is 11.1 Å². The van der Waals surface area contributed by atoms with Crippen molar-refractivity contribution in [3.8, 4) is 6.07 Å². The van der Waals surface area contributed by atoms with Crippen LogP contribution in [-0.4, -0.2) is 15.8 Å². The Morgan fingerprint density at radius 1 is 1.71 bits per heavy atom. The minimum absolute atomic E-state index is 0.118. The first kappa shape index (κ1) is 8.95. The van der Waals surface area contributed by atoms with Crippen LogP contribution in [0.4, 0.5) is 0 Å². The van der Waals surface area contributed by atoms with Crippen LogP contribution in [0.3, 0.4) is 0 Å². The predicted octanol–water partition coefficient (Wildman–Crippen LogP) is 1.39. The largest absolute Gasteiger partial charge is 0.328 e. The van der Waals surface area contributed by atoms with Gasteiger partial charge in [0.1, 0.15) is 0 Å². The maximum Gasteiger partial charge on any atom is 0.185 e. The summed E-state index contributed by atoms with van der Waals surface area (Å²) in [5, 5.41) is 8.65. The molecule has 0 bridgehead atoms. The summed E-state index contributed by atoms with van der Waals surface area (Å²) in [7, 11) is 0. The third kappa shape index (κ3) is 1.53. The summed E-state index contributed by atoms with van der Waals surface area (Å²) in [6.07, 6.45) is 6.90. The summed E-state index contributed by atoms with van der Waals surface area (Å²) in [5.41, 5.74) is 0.118. The van der Waals surface area contributed by atoms with E-state index in [4.69, 9.17) is 5.26 Å². The molecule has 4 heteroatoms. The van der Waals surface area contributed by atoms with E-state index in [9.17, 15) is 4.79 Å². The number of imidazole rings is 1. The molecule has 0 unspecified atom stereocenters. The molecule has 1 aromatic heterocycles.